The molecule has 0 heterocycles. The van der Waals surface area contributed by atoms with Crippen LogP contribution in [0.3, 0.4) is 0 Å². The average Bonchev–Trinajstić information content (AvgIpc) is 2.30. The molecule has 2 rings (SSSR count). The molecule has 0 saturated heterocycles. The van der Waals surface area contributed by atoms with E-state index in [9.17, 15) is 5.11 Å². The monoisotopic (exact) mass is 199 g/mol. The Bertz CT molecular complexity index is 429. The molecule has 0 atom stereocenters. The third kappa shape index (κ3) is 2.10. The Kier molecular flexibility index (Phi) is 2.59. The first-order valence-corrected chi connectivity index (χ1v) is 4.71. The highest BCUT2D eigenvalue weighted by atomic mass is 16.5. The summed E-state index contributed by atoms with van der Waals surface area (Å²) in [4.78, 5) is 0. The molecule has 0 fully saturated rings. The summed E-state index contributed by atoms with van der Waals surface area (Å²) in [6.07, 6.45) is 0. The van der Waals surface area contributed by atoms with Gasteiger partial charge in [-0.15, -0.1) is 0 Å². The second-order valence-electron chi connectivity index (χ2n) is 3.25. The predicted molar refractivity (Wildman–Crippen MR) is 58.6 cm³/mol. The van der Waals surface area contributed by atoms with Crippen molar-refractivity contribution >= 4 is 0 Å². The third-order valence-corrected chi connectivity index (χ3v) is 2.28. The Balaban J connectivity index is 2.33. The molecule has 0 aliphatic carbocycles. The quantitative estimate of drug-likeness (QED) is 0.727. The van der Waals surface area contributed by atoms with Crippen molar-refractivity contribution in [3.63, 3.8) is 0 Å². The smallest absolute Gasteiger partial charge is 0.178 e. The standard InChI is InChI=1S/C13H11O2/c1-15-13-8-4-11(5-9-13)10-2-6-12(14)7-3-10/h2-9H,1H3. The molecule has 2 nitrogen and oxygen atoms in total. The van der Waals surface area contributed by atoms with Crippen molar-refractivity contribution in [2.24, 2.45) is 0 Å². The molecule has 75 valence electrons. The number of hydrogen-bond acceptors (Lipinski definition) is 1. The van der Waals surface area contributed by atoms with E-state index in [0.717, 1.165) is 16.9 Å². The van der Waals surface area contributed by atoms with Crippen LogP contribution in [0.1, 0.15) is 0 Å². The van der Waals surface area contributed by atoms with E-state index in [4.69, 9.17) is 4.74 Å². The van der Waals surface area contributed by atoms with Crippen molar-refractivity contribution in [3.05, 3.63) is 48.5 Å². The molecular weight excluding hydrogens is 188 g/mol. The zero-order valence-electron chi connectivity index (χ0n) is 8.44. The van der Waals surface area contributed by atoms with Crippen LogP contribution >= 0.6 is 0 Å². The van der Waals surface area contributed by atoms with Crippen LogP contribution < -0.4 is 4.74 Å². The molecule has 0 spiro atoms. The van der Waals surface area contributed by atoms with Gasteiger partial charge in [0.15, 0.2) is 5.75 Å². The summed E-state index contributed by atoms with van der Waals surface area (Å²) < 4.78 is 5.07. The molecule has 0 aromatic heterocycles. The highest BCUT2D eigenvalue weighted by molar-refractivity contribution is 5.64. The first-order valence-electron chi connectivity index (χ1n) is 4.71. The lowest BCUT2D eigenvalue weighted by atomic mass is 10.1. The van der Waals surface area contributed by atoms with Gasteiger partial charge < -0.3 is 4.74 Å². The first kappa shape index (κ1) is 9.59. The Morgan fingerprint density at radius 3 is 1.73 bits per heavy atom. The first-order chi connectivity index (χ1) is 7.29. The largest absolute Gasteiger partial charge is 0.497 e. The van der Waals surface area contributed by atoms with Crippen molar-refractivity contribution in [1.29, 1.82) is 0 Å². The number of benzene rings is 2. The molecule has 0 saturated carbocycles. The molecule has 2 aromatic carbocycles. The van der Waals surface area contributed by atoms with Crippen LogP contribution in [0.4, 0.5) is 0 Å². The second kappa shape index (κ2) is 4.05. The zero-order chi connectivity index (χ0) is 10.7. The van der Waals surface area contributed by atoms with Crippen molar-refractivity contribution in [3.8, 4) is 22.6 Å². The van der Waals surface area contributed by atoms with Gasteiger partial charge in [-0.2, -0.15) is 0 Å². The fourth-order valence-electron chi connectivity index (χ4n) is 1.43. The van der Waals surface area contributed by atoms with Crippen LogP contribution in [0.15, 0.2) is 48.5 Å². The van der Waals surface area contributed by atoms with E-state index in [1.165, 1.54) is 0 Å². The van der Waals surface area contributed by atoms with Crippen LogP contribution in [0.25, 0.3) is 11.1 Å². The maximum Gasteiger partial charge on any atom is 0.178 e. The molecule has 2 heteroatoms. The van der Waals surface area contributed by atoms with E-state index in [0.29, 0.717) is 0 Å². The van der Waals surface area contributed by atoms with Crippen LogP contribution in [0.5, 0.6) is 11.5 Å². The molecule has 1 radical (unpaired) electrons. The minimum absolute atomic E-state index is 0.0345. The SMILES string of the molecule is COc1ccc(-c2ccc([O])cc2)cc1. The van der Waals surface area contributed by atoms with Crippen molar-refractivity contribution in [2.45, 2.75) is 0 Å². The zero-order valence-corrected chi connectivity index (χ0v) is 8.44. The van der Waals surface area contributed by atoms with Crippen LogP contribution in [0, 0.1) is 0 Å². The summed E-state index contributed by atoms with van der Waals surface area (Å²) in [5, 5.41) is 10.9. The van der Waals surface area contributed by atoms with E-state index in [1.54, 1.807) is 19.2 Å². The van der Waals surface area contributed by atoms with Gasteiger partial charge in [-0.1, -0.05) is 24.3 Å². The lowest BCUT2D eigenvalue weighted by Crippen LogP contribution is -1.82. The van der Waals surface area contributed by atoms with Crippen LogP contribution in [0.2, 0.25) is 0 Å². The Morgan fingerprint density at radius 1 is 0.800 bits per heavy atom. The third-order valence-electron chi connectivity index (χ3n) is 2.28. The number of methoxy groups -OCH3 is 1. The molecule has 2 aromatic rings. The summed E-state index contributed by atoms with van der Waals surface area (Å²) in [6.45, 7) is 0. The summed E-state index contributed by atoms with van der Waals surface area (Å²) in [6, 6.07) is 14.5. The Labute approximate surface area is 88.8 Å². The minimum atomic E-state index is 0.0345. The van der Waals surface area contributed by atoms with Gasteiger partial charge in [0.2, 0.25) is 0 Å². The molecule has 0 bridgehead atoms. The summed E-state index contributed by atoms with van der Waals surface area (Å²) in [7, 11) is 1.64. The molecular formula is C13H11O2. The van der Waals surface area contributed by atoms with Crippen molar-refractivity contribution in [2.75, 3.05) is 7.11 Å². The van der Waals surface area contributed by atoms with Gasteiger partial charge in [-0.25, -0.2) is 0 Å². The van der Waals surface area contributed by atoms with Crippen LogP contribution in [-0.2, 0) is 5.11 Å². The van der Waals surface area contributed by atoms with Crippen molar-refractivity contribution in [1.82, 2.24) is 0 Å². The predicted octanol–water partition coefficient (Wildman–Crippen LogP) is 3.51. The number of ether oxygens (including phenoxy) is 1. The van der Waals surface area contributed by atoms with Gasteiger partial charge in [0.05, 0.1) is 7.11 Å². The topological polar surface area (TPSA) is 29.1 Å². The van der Waals surface area contributed by atoms with Gasteiger partial charge in [0, 0.05) is 0 Å². The van der Waals surface area contributed by atoms with Crippen molar-refractivity contribution < 1.29 is 9.84 Å². The van der Waals surface area contributed by atoms with E-state index in [1.807, 2.05) is 36.4 Å². The lowest BCUT2D eigenvalue weighted by molar-refractivity contribution is 0.355. The molecule has 0 amide bonds. The Morgan fingerprint density at radius 2 is 1.27 bits per heavy atom. The summed E-state index contributed by atoms with van der Waals surface area (Å²) in [5.74, 6) is 0.867. The van der Waals surface area contributed by atoms with E-state index >= 15 is 0 Å². The maximum absolute atomic E-state index is 10.9. The molecule has 0 unspecified atom stereocenters. The highest BCUT2D eigenvalue weighted by Crippen LogP contribution is 2.23. The fourth-order valence-corrected chi connectivity index (χ4v) is 1.43. The second-order valence-corrected chi connectivity index (χ2v) is 3.25. The summed E-state index contributed by atoms with van der Waals surface area (Å²) >= 11 is 0. The van der Waals surface area contributed by atoms with Gasteiger partial charge >= 0.3 is 0 Å². The van der Waals surface area contributed by atoms with Gasteiger partial charge in [-0.3, -0.25) is 5.11 Å². The number of hydrogen-bond donors (Lipinski definition) is 0. The van der Waals surface area contributed by atoms with E-state index < -0.39 is 0 Å². The van der Waals surface area contributed by atoms with E-state index in [2.05, 4.69) is 0 Å². The molecule has 0 aliphatic heterocycles. The highest BCUT2D eigenvalue weighted by Gasteiger charge is 1.98. The molecule has 15 heavy (non-hydrogen) atoms. The molecule has 0 aliphatic rings. The lowest BCUT2D eigenvalue weighted by Gasteiger charge is -2.03. The average molecular weight is 199 g/mol. The summed E-state index contributed by atoms with van der Waals surface area (Å²) in [5.41, 5.74) is 2.12. The minimum Gasteiger partial charge on any atom is -0.497 e. The van der Waals surface area contributed by atoms with Gasteiger partial charge in [-0.05, 0) is 35.4 Å². The maximum atomic E-state index is 10.9. The van der Waals surface area contributed by atoms with Gasteiger partial charge in [0.1, 0.15) is 5.75 Å². The van der Waals surface area contributed by atoms with Gasteiger partial charge in [0.25, 0.3) is 0 Å². The number of rotatable bonds is 2. The Hall–Kier alpha value is -1.96. The fraction of sp³-hybridized carbons (Fsp3) is 0.0769. The molecule has 0 N–H and O–H groups in total. The van der Waals surface area contributed by atoms with Crippen LogP contribution in [-0.4, -0.2) is 7.11 Å². The normalized spacial score (nSPS) is 9.93. The van der Waals surface area contributed by atoms with E-state index in [-0.39, 0.29) is 5.75 Å².